The van der Waals surface area contributed by atoms with Crippen molar-refractivity contribution >= 4 is 90.8 Å². The molecule has 3 fully saturated rings. The first-order chi connectivity index (χ1) is 41.3. The largest absolute Gasteiger partial charge is 0.508 e. The minimum Gasteiger partial charge on any atom is -0.508 e. The minimum absolute atomic E-state index is 0.00474. The van der Waals surface area contributed by atoms with Gasteiger partial charge in [0.25, 0.3) is 0 Å². The molecule has 0 radical (unpaired) electrons. The highest BCUT2D eigenvalue weighted by Gasteiger charge is 2.40. The molecule has 85 heavy (non-hydrogen) atoms. The first-order valence-corrected chi connectivity index (χ1v) is 30.7. The number of likely N-dealkylation sites (N-methyl/N-ethyl adjacent to an activating group) is 2. The van der Waals surface area contributed by atoms with Gasteiger partial charge in [0, 0.05) is 86.6 Å². The summed E-state index contributed by atoms with van der Waals surface area (Å²) >= 11 is 8.48. The zero-order valence-electron chi connectivity index (χ0n) is 48.4. The topological polar surface area (TPSA) is 204 Å². The molecule has 448 valence electrons. The number of piperazine rings is 1. The molecule has 1 saturated carbocycles. The monoisotopic (exact) mass is 1200 g/mol. The van der Waals surface area contributed by atoms with Crippen LogP contribution in [-0.2, 0) is 28.7 Å². The Morgan fingerprint density at radius 1 is 0.847 bits per heavy atom. The number of phenolic OH excluding ortho intramolecular Hbond substituents is 1. The molecule has 3 atom stereocenters. The van der Waals surface area contributed by atoms with Crippen LogP contribution in [0.25, 0.3) is 54.8 Å². The van der Waals surface area contributed by atoms with E-state index in [1.807, 2.05) is 71.3 Å². The van der Waals surface area contributed by atoms with Crippen molar-refractivity contribution in [1.82, 2.24) is 40.3 Å². The molecule has 2 aliphatic heterocycles. The molecule has 4 amide bonds. The summed E-state index contributed by atoms with van der Waals surface area (Å²) in [7, 11) is 3.46. The Hall–Kier alpha value is -7.49. The summed E-state index contributed by atoms with van der Waals surface area (Å²) in [6.07, 6.45) is 8.23. The zero-order valence-corrected chi connectivity index (χ0v) is 50.0. The fourth-order valence-electron chi connectivity index (χ4n) is 11.8. The number of carbonyl (C=O) groups is 4. The molecule has 4 N–H and O–H groups in total. The number of anilines is 2. The van der Waals surface area contributed by atoms with E-state index in [2.05, 4.69) is 39.0 Å². The van der Waals surface area contributed by atoms with Crippen LogP contribution in [-0.4, -0.2) is 163 Å². The van der Waals surface area contributed by atoms with Gasteiger partial charge in [-0.05, 0) is 104 Å². The van der Waals surface area contributed by atoms with Crippen LogP contribution in [0, 0.1) is 11.7 Å². The number of ether oxygens (including phenoxy) is 3. The highest BCUT2D eigenvalue weighted by atomic mass is 35.5. The number of likely N-dealkylation sites (tertiary alicyclic amines) is 1. The molecule has 18 nitrogen and oxygen atoms in total. The van der Waals surface area contributed by atoms with Crippen LogP contribution in [0.3, 0.4) is 0 Å². The summed E-state index contributed by atoms with van der Waals surface area (Å²) in [4.78, 5) is 75.0. The van der Waals surface area contributed by atoms with Crippen molar-refractivity contribution in [3.63, 3.8) is 0 Å². The third-order valence-electron chi connectivity index (χ3n) is 16.5. The number of aromatic hydroxyl groups is 1. The number of carbonyl (C=O) groups excluding carboxylic acids is 4. The van der Waals surface area contributed by atoms with E-state index in [0.29, 0.717) is 99.8 Å². The number of phenols is 1. The van der Waals surface area contributed by atoms with Crippen molar-refractivity contribution in [2.75, 3.05) is 103 Å². The van der Waals surface area contributed by atoms with Crippen molar-refractivity contribution in [3.8, 4) is 33.9 Å². The molecule has 4 heterocycles. The lowest BCUT2D eigenvalue weighted by Gasteiger charge is -2.35. The number of halogens is 2. The maximum atomic E-state index is 17.1. The number of hydrogen-bond donors (Lipinski definition) is 4. The minimum atomic E-state index is -0.689. The fraction of sp³-hybridized carbons (Fsp3) is 0.422. The number of benzene rings is 5. The van der Waals surface area contributed by atoms with Gasteiger partial charge < -0.3 is 54.9 Å². The van der Waals surface area contributed by atoms with Crippen LogP contribution in [0.2, 0.25) is 5.02 Å². The van der Waals surface area contributed by atoms with Crippen LogP contribution < -0.4 is 25.6 Å². The van der Waals surface area contributed by atoms with Gasteiger partial charge in [0.2, 0.25) is 29.6 Å². The predicted molar refractivity (Wildman–Crippen MR) is 332 cm³/mol. The van der Waals surface area contributed by atoms with E-state index < -0.39 is 17.9 Å². The summed E-state index contributed by atoms with van der Waals surface area (Å²) in [6, 6.07) is 23.0. The second-order valence-electron chi connectivity index (χ2n) is 21.9. The van der Waals surface area contributed by atoms with Crippen molar-refractivity contribution < 1.29 is 42.9 Å². The summed E-state index contributed by atoms with van der Waals surface area (Å²) in [5.74, 6) is 0.177. The summed E-state index contributed by atoms with van der Waals surface area (Å²) in [5.41, 5.74) is 2.32. The molecule has 2 aromatic heterocycles. The number of rotatable bonds is 24. The normalized spacial score (nSPS) is 16.4. The molecule has 0 bridgehead atoms. The van der Waals surface area contributed by atoms with E-state index >= 15 is 4.39 Å². The zero-order chi connectivity index (χ0) is 59.6. The molecule has 1 unspecified atom stereocenters. The number of nitrogens with zero attached hydrogens (tertiary/aromatic N) is 7. The van der Waals surface area contributed by atoms with Gasteiger partial charge in [-0.2, -0.15) is 4.98 Å². The van der Waals surface area contributed by atoms with Crippen molar-refractivity contribution in [2.24, 2.45) is 5.92 Å². The van der Waals surface area contributed by atoms with Gasteiger partial charge in [-0.15, -0.1) is 11.3 Å². The smallest absolute Gasteiger partial charge is 0.246 e. The van der Waals surface area contributed by atoms with E-state index in [1.165, 1.54) is 12.1 Å². The number of aromatic nitrogens is 3. The lowest BCUT2D eigenvalue weighted by atomic mass is 9.83. The van der Waals surface area contributed by atoms with E-state index in [9.17, 15) is 24.3 Å². The Balaban J connectivity index is 0.689. The molecular weight excluding hydrogens is 1120 g/mol. The quantitative estimate of drug-likeness (QED) is 0.0329. The Bertz CT molecular complexity index is 3560. The first kappa shape index (κ1) is 60.6. The van der Waals surface area contributed by atoms with Crippen LogP contribution in [0.1, 0.15) is 69.3 Å². The van der Waals surface area contributed by atoms with Crippen LogP contribution >= 0.6 is 22.9 Å². The average molecular weight is 1200 g/mol. The maximum Gasteiger partial charge on any atom is 0.246 e. The van der Waals surface area contributed by atoms with Gasteiger partial charge in [0.1, 0.15) is 40.5 Å². The Morgan fingerprint density at radius 2 is 1.58 bits per heavy atom. The van der Waals surface area contributed by atoms with Gasteiger partial charge >= 0.3 is 0 Å². The summed E-state index contributed by atoms with van der Waals surface area (Å²) in [6.45, 7) is 9.81. The van der Waals surface area contributed by atoms with E-state index in [0.717, 1.165) is 77.7 Å². The van der Waals surface area contributed by atoms with Crippen LogP contribution in [0.5, 0.6) is 11.5 Å². The fourth-order valence-corrected chi connectivity index (χ4v) is 13.0. The number of thiazole rings is 1. The number of amides is 4. The van der Waals surface area contributed by atoms with Crippen molar-refractivity contribution in [1.29, 1.82) is 0 Å². The van der Waals surface area contributed by atoms with Gasteiger partial charge in [0.05, 0.1) is 49.2 Å². The third-order valence-corrected chi connectivity index (χ3v) is 17.8. The molecule has 1 aliphatic carbocycles. The molecular formula is C64H74ClFN10O8S. The molecule has 5 aromatic carbocycles. The second-order valence-corrected chi connectivity index (χ2v) is 23.2. The lowest BCUT2D eigenvalue weighted by molar-refractivity contribution is -0.139. The number of nitrogens with one attached hydrogen (secondary N) is 3. The molecule has 21 heteroatoms. The van der Waals surface area contributed by atoms with Gasteiger partial charge in [-0.3, -0.25) is 19.2 Å². The van der Waals surface area contributed by atoms with E-state index in [1.54, 1.807) is 47.4 Å². The second kappa shape index (κ2) is 28.1. The number of fused-ring (bicyclic) bond motifs is 3. The van der Waals surface area contributed by atoms with Gasteiger partial charge in [-0.25, -0.2) is 14.4 Å². The highest BCUT2D eigenvalue weighted by Crippen LogP contribution is 2.44. The molecule has 0 spiro atoms. The SMILES string of the molecule is C=CC(=O)N1CCN(c2nc(NCCC(=O)N(C)CCOCCOCCOc3ccc(-c4csc([C@@H]5CCCN5C(=O)C(NC(=O)[C@H](C)NC)C5CCCCC5)n4)c4ccccc34)nc3c(F)c(-c4cc(O)cc5ccccc45)c(Cl)cc23)CC1. The van der Waals surface area contributed by atoms with Gasteiger partial charge in [0.15, 0.2) is 5.82 Å². The lowest BCUT2D eigenvalue weighted by Crippen LogP contribution is -2.55. The summed E-state index contributed by atoms with van der Waals surface area (Å²) in [5, 5.41) is 26.8. The standard InChI is InChI=1S/C64H74ClFN10O8S/c1-5-54(78)74-26-28-75(29-27-74)60-49-38-50(65)56(48-37-43(77)36-42-16-9-10-17-44(42)48)57(66)59(49)71-64(72-60)68-24-23-55(79)73(4)30-31-82-32-33-83-34-35-84-53-22-21-46(45-18-11-12-19-47(45)53)51-39-85-62(69-51)52-20-13-25-76(52)63(81)58(41-14-7-6-8-15-41)70-61(80)40(2)67-3/h5,9-12,16-19,21-22,36-41,52,58,67,77H,1,6-8,13-15,20,23-35H2,2-4H3,(H,70,80)(H,68,71,72)/t40-,52-,58?/m0/s1. The molecule has 3 aliphatic rings. The Morgan fingerprint density at radius 3 is 2.34 bits per heavy atom. The maximum absolute atomic E-state index is 17.1. The predicted octanol–water partition coefficient (Wildman–Crippen LogP) is 9.77. The average Bonchev–Trinajstić information content (AvgIpc) is 2.93. The van der Waals surface area contributed by atoms with E-state index in [-0.39, 0.29) is 76.4 Å². The van der Waals surface area contributed by atoms with Crippen LogP contribution in [0.15, 0.2) is 96.9 Å². The Labute approximate surface area is 503 Å². The summed E-state index contributed by atoms with van der Waals surface area (Å²) < 4.78 is 35.0. The van der Waals surface area contributed by atoms with E-state index in [4.69, 9.17) is 35.8 Å². The third kappa shape index (κ3) is 13.9. The van der Waals surface area contributed by atoms with Crippen molar-refractivity contribution in [2.45, 2.75) is 76.4 Å². The van der Waals surface area contributed by atoms with Gasteiger partial charge in [-0.1, -0.05) is 86.0 Å². The first-order valence-electron chi connectivity index (χ1n) is 29.4. The van der Waals surface area contributed by atoms with Crippen LogP contribution in [0.4, 0.5) is 16.2 Å². The van der Waals surface area contributed by atoms with Crippen molar-refractivity contribution in [3.05, 3.63) is 113 Å². The molecule has 7 aromatic rings. The molecule has 10 rings (SSSR count). The Kier molecular flexibility index (Phi) is 20.1. The molecule has 2 saturated heterocycles. The number of hydrogen-bond acceptors (Lipinski definition) is 15. The highest BCUT2D eigenvalue weighted by molar-refractivity contribution is 7.10.